The van der Waals surface area contributed by atoms with Gasteiger partial charge in [0.05, 0.1) is 5.02 Å². The highest BCUT2D eigenvalue weighted by atomic mass is 35.5. The molecule has 0 amide bonds. The Kier molecular flexibility index (Phi) is 3.33. The number of hydrogen-bond acceptors (Lipinski definition) is 1. The average molecular weight is 268 g/mol. The fraction of sp³-hybridized carbons (Fsp3) is 0.600. The van der Waals surface area contributed by atoms with Crippen molar-refractivity contribution < 1.29 is 4.39 Å². The minimum absolute atomic E-state index is 0.233. The molecule has 3 unspecified atom stereocenters. The van der Waals surface area contributed by atoms with Crippen LogP contribution in [0.3, 0.4) is 0 Å². The number of hydrogen-bond donors (Lipinski definition) is 1. The van der Waals surface area contributed by atoms with Gasteiger partial charge in [-0.05, 0) is 68.2 Å². The van der Waals surface area contributed by atoms with E-state index < -0.39 is 0 Å². The quantitative estimate of drug-likeness (QED) is 0.878. The molecule has 0 aliphatic heterocycles. The van der Waals surface area contributed by atoms with Crippen LogP contribution < -0.4 is 5.32 Å². The van der Waals surface area contributed by atoms with E-state index in [-0.39, 0.29) is 10.8 Å². The van der Waals surface area contributed by atoms with E-state index in [0.717, 1.165) is 29.7 Å². The van der Waals surface area contributed by atoms with Crippen LogP contribution in [0.5, 0.6) is 0 Å². The SMILES string of the molecule is CNC(Cc1ccc(F)c(Cl)c1)C1CC2CC2C1. The molecule has 1 N–H and O–H groups in total. The lowest BCUT2D eigenvalue weighted by atomic mass is 9.90. The molecule has 0 spiro atoms. The Labute approximate surface area is 113 Å². The molecule has 2 saturated carbocycles. The zero-order valence-corrected chi connectivity index (χ0v) is 11.4. The van der Waals surface area contributed by atoms with Crippen LogP contribution in [0.2, 0.25) is 5.02 Å². The van der Waals surface area contributed by atoms with Crippen molar-refractivity contribution in [3.8, 4) is 0 Å². The number of nitrogens with one attached hydrogen (secondary N) is 1. The van der Waals surface area contributed by atoms with Gasteiger partial charge in [-0.15, -0.1) is 0 Å². The van der Waals surface area contributed by atoms with E-state index in [1.807, 2.05) is 13.1 Å². The molecule has 0 saturated heterocycles. The molecule has 3 heteroatoms. The largest absolute Gasteiger partial charge is 0.316 e. The van der Waals surface area contributed by atoms with Gasteiger partial charge in [-0.2, -0.15) is 0 Å². The van der Waals surface area contributed by atoms with Gasteiger partial charge >= 0.3 is 0 Å². The van der Waals surface area contributed by atoms with Crippen LogP contribution in [0, 0.1) is 23.6 Å². The van der Waals surface area contributed by atoms with E-state index in [1.165, 1.54) is 25.3 Å². The predicted octanol–water partition coefficient (Wildman–Crippen LogP) is 3.66. The normalized spacial score (nSPS) is 31.2. The Morgan fingerprint density at radius 3 is 2.67 bits per heavy atom. The molecule has 0 heterocycles. The van der Waals surface area contributed by atoms with E-state index in [9.17, 15) is 4.39 Å². The second kappa shape index (κ2) is 4.82. The fourth-order valence-electron chi connectivity index (χ4n) is 3.52. The summed E-state index contributed by atoms with van der Waals surface area (Å²) in [6.45, 7) is 0. The van der Waals surface area contributed by atoms with Crippen LogP contribution in [0.25, 0.3) is 0 Å². The monoisotopic (exact) mass is 267 g/mol. The van der Waals surface area contributed by atoms with Gasteiger partial charge in [-0.1, -0.05) is 17.7 Å². The van der Waals surface area contributed by atoms with E-state index in [4.69, 9.17) is 11.6 Å². The van der Waals surface area contributed by atoms with Crippen molar-refractivity contribution in [1.29, 1.82) is 0 Å². The molecule has 1 aromatic rings. The Morgan fingerprint density at radius 2 is 2.06 bits per heavy atom. The first-order valence-corrected chi connectivity index (χ1v) is 7.16. The Bertz CT molecular complexity index is 438. The Balaban J connectivity index is 1.67. The van der Waals surface area contributed by atoms with Gasteiger partial charge in [0.25, 0.3) is 0 Å². The third-order valence-electron chi connectivity index (χ3n) is 4.66. The van der Waals surface area contributed by atoms with E-state index in [2.05, 4.69) is 5.32 Å². The molecule has 2 fully saturated rings. The second-order valence-electron chi connectivity index (χ2n) is 5.84. The number of likely N-dealkylation sites (N-methyl/N-ethyl adjacent to an activating group) is 1. The van der Waals surface area contributed by atoms with Gasteiger partial charge in [0.1, 0.15) is 5.82 Å². The van der Waals surface area contributed by atoms with Crippen LogP contribution in [0.15, 0.2) is 18.2 Å². The van der Waals surface area contributed by atoms with Crippen molar-refractivity contribution in [3.05, 3.63) is 34.6 Å². The van der Waals surface area contributed by atoms with Crippen LogP contribution in [0.1, 0.15) is 24.8 Å². The maximum absolute atomic E-state index is 13.1. The van der Waals surface area contributed by atoms with E-state index >= 15 is 0 Å². The van der Waals surface area contributed by atoms with Crippen molar-refractivity contribution in [2.24, 2.45) is 17.8 Å². The third kappa shape index (κ3) is 2.41. The number of fused-ring (bicyclic) bond motifs is 1. The molecular formula is C15H19ClFN. The molecule has 0 radical (unpaired) electrons. The van der Waals surface area contributed by atoms with Gasteiger partial charge < -0.3 is 5.32 Å². The first kappa shape index (κ1) is 12.4. The molecule has 3 atom stereocenters. The van der Waals surface area contributed by atoms with Crippen LogP contribution in [-0.2, 0) is 6.42 Å². The van der Waals surface area contributed by atoms with Gasteiger partial charge in [0, 0.05) is 6.04 Å². The molecular weight excluding hydrogens is 249 g/mol. The topological polar surface area (TPSA) is 12.0 Å². The molecule has 2 aliphatic rings. The summed E-state index contributed by atoms with van der Waals surface area (Å²) in [6, 6.07) is 5.58. The maximum atomic E-state index is 13.1. The Hall–Kier alpha value is -0.600. The predicted molar refractivity (Wildman–Crippen MR) is 72.3 cm³/mol. The summed E-state index contributed by atoms with van der Waals surface area (Å²) < 4.78 is 13.1. The summed E-state index contributed by atoms with van der Waals surface area (Å²) in [7, 11) is 2.03. The smallest absolute Gasteiger partial charge is 0.141 e. The highest BCUT2D eigenvalue weighted by Gasteiger charge is 2.47. The lowest BCUT2D eigenvalue weighted by Gasteiger charge is -2.24. The first-order chi connectivity index (χ1) is 8.67. The summed E-state index contributed by atoms with van der Waals surface area (Å²) in [5.74, 6) is 2.46. The zero-order chi connectivity index (χ0) is 12.7. The van der Waals surface area contributed by atoms with Crippen LogP contribution in [0.4, 0.5) is 4.39 Å². The highest BCUT2D eigenvalue weighted by Crippen LogP contribution is 2.55. The second-order valence-corrected chi connectivity index (χ2v) is 6.24. The first-order valence-electron chi connectivity index (χ1n) is 6.78. The molecule has 3 rings (SSSR count). The average Bonchev–Trinajstić information content (AvgIpc) is 2.97. The van der Waals surface area contributed by atoms with Crippen molar-refractivity contribution in [1.82, 2.24) is 5.32 Å². The van der Waals surface area contributed by atoms with Crippen LogP contribution >= 0.6 is 11.6 Å². The maximum Gasteiger partial charge on any atom is 0.141 e. The zero-order valence-electron chi connectivity index (χ0n) is 10.6. The molecule has 1 nitrogen and oxygen atoms in total. The molecule has 1 aromatic carbocycles. The fourth-order valence-corrected chi connectivity index (χ4v) is 3.72. The lowest BCUT2D eigenvalue weighted by Crippen LogP contribution is -2.35. The number of benzene rings is 1. The molecule has 98 valence electrons. The number of rotatable bonds is 4. The molecule has 0 aromatic heterocycles. The molecule has 18 heavy (non-hydrogen) atoms. The van der Waals surface area contributed by atoms with E-state index in [1.54, 1.807) is 6.07 Å². The summed E-state index contributed by atoms with van der Waals surface area (Å²) in [4.78, 5) is 0. The Morgan fingerprint density at radius 1 is 1.33 bits per heavy atom. The standard InChI is InChI=1S/C15H19ClFN/c1-18-15(12-7-10-6-11(10)8-12)5-9-2-3-14(17)13(16)4-9/h2-4,10-12,15,18H,5-8H2,1H3. The third-order valence-corrected chi connectivity index (χ3v) is 4.95. The molecule has 0 bridgehead atoms. The van der Waals surface area contributed by atoms with Gasteiger partial charge in [-0.3, -0.25) is 0 Å². The van der Waals surface area contributed by atoms with Crippen LogP contribution in [-0.4, -0.2) is 13.1 Å². The van der Waals surface area contributed by atoms with Crippen molar-refractivity contribution in [2.45, 2.75) is 31.7 Å². The summed E-state index contributed by atoms with van der Waals surface area (Å²) >= 11 is 5.83. The van der Waals surface area contributed by atoms with Gasteiger partial charge in [0.15, 0.2) is 0 Å². The van der Waals surface area contributed by atoms with E-state index in [0.29, 0.717) is 6.04 Å². The lowest BCUT2D eigenvalue weighted by molar-refractivity contribution is 0.349. The van der Waals surface area contributed by atoms with Crippen molar-refractivity contribution in [3.63, 3.8) is 0 Å². The summed E-state index contributed by atoms with van der Waals surface area (Å²) in [5, 5.41) is 3.66. The summed E-state index contributed by atoms with van der Waals surface area (Å²) in [5.41, 5.74) is 1.13. The van der Waals surface area contributed by atoms with Gasteiger partial charge in [-0.25, -0.2) is 4.39 Å². The molecule has 2 aliphatic carbocycles. The highest BCUT2D eigenvalue weighted by molar-refractivity contribution is 6.30. The minimum Gasteiger partial charge on any atom is -0.316 e. The van der Waals surface area contributed by atoms with Gasteiger partial charge in [0.2, 0.25) is 0 Å². The van der Waals surface area contributed by atoms with Crippen molar-refractivity contribution in [2.75, 3.05) is 7.05 Å². The minimum atomic E-state index is -0.330. The van der Waals surface area contributed by atoms with Crippen molar-refractivity contribution >= 4 is 11.6 Å². The number of halogens is 2. The summed E-state index contributed by atoms with van der Waals surface area (Å²) in [6.07, 6.45) is 5.13.